The van der Waals surface area contributed by atoms with Crippen LogP contribution in [0.4, 0.5) is 14.4 Å². The normalized spacial score (nSPS) is 23.1. The summed E-state index contributed by atoms with van der Waals surface area (Å²) in [6.07, 6.45) is -2.98. The molecule has 12 nitrogen and oxygen atoms in total. The Morgan fingerprint density at radius 3 is 2.12 bits per heavy atom. The molecular formula is C29H34N4O8. The Labute approximate surface area is 237 Å². The van der Waals surface area contributed by atoms with E-state index >= 15 is 0 Å². The van der Waals surface area contributed by atoms with Crippen LogP contribution in [0.3, 0.4) is 0 Å². The van der Waals surface area contributed by atoms with Gasteiger partial charge in [0.15, 0.2) is 5.78 Å². The lowest BCUT2D eigenvalue weighted by molar-refractivity contribution is -0.156. The van der Waals surface area contributed by atoms with Crippen molar-refractivity contribution in [1.29, 1.82) is 0 Å². The third kappa shape index (κ3) is 6.65. The number of carbonyl (C=O) groups is 4. The highest BCUT2D eigenvalue weighted by molar-refractivity contribution is 6.05. The lowest BCUT2D eigenvalue weighted by atomic mass is 9.90. The first kappa shape index (κ1) is 29.5. The number of aliphatic imine (C=N–C) groups is 1. The van der Waals surface area contributed by atoms with Crippen molar-refractivity contribution in [3.63, 3.8) is 0 Å². The molecule has 2 fully saturated rings. The molecule has 0 unspecified atom stereocenters. The van der Waals surface area contributed by atoms with Crippen LogP contribution in [-0.4, -0.2) is 74.9 Å². The number of Topliss-reactive ketones (excluding diaryl/α,β-unsaturated/α-hetero) is 1. The van der Waals surface area contributed by atoms with Gasteiger partial charge in [-0.3, -0.25) is 4.79 Å². The summed E-state index contributed by atoms with van der Waals surface area (Å²) < 4.78 is 16.2. The molecule has 41 heavy (non-hydrogen) atoms. The predicted octanol–water partition coefficient (Wildman–Crippen LogP) is 3.58. The first-order valence-electron chi connectivity index (χ1n) is 13.2. The quantitative estimate of drug-likeness (QED) is 0.518. The molecule has 3 atom stereocenters. The summed E-state index contributed by atoms with van der Waals surface area (Å²) in [5.74, 6) is -0.947. The van der Waals surface area contributed by atoms with Crippen LogP contribution < -0.4 is 5.32 Å². The lowest BCUT2D eigenvalue weighted by Crippen LogP contribution is -2.77. The number of hydrogen-bond donors (Lipinski definition) is 2. The number of ketones is 1. The van der Waals surface area contributed by atoms with Gasteiger partial charge in [0, 0.05) is 13.0 Å². The van der Waals surface area contributed by atoms with Gasteiger partial charge >= 0.3 is 18.3 Å². The van der Waals surface area contributed by atoms with Gasteiger partial charge in [-0.25, -0.2) is 19.3 Å². The number of benzene rings is 2. The third-order valence-corrected chi connectivity index (χ3v) is 6.64. The van der Waals surface area contributed by atoms with Crippen LogP contribution in [0, 0.1) is 0 Å². The van der Waals surface area contributed by atoms with E-state index in [0.29, 0.717) is 11.1 Å². The maximum absolute atomic E-state index is 13.5. The van der Waals surface area contributed by atoms with Crippen molar-refractivity contribution < 1.29 is 38.5 Å². The molecule has 2 aromatic rings. The maximum atomic E-state index is 13.5. The van der Waals surface area contributed by atoms with Crippen molar-refractivity contribution in [2.24, 2.45) is 4.99 Å². The molecule has 4 rings (SSSR count). The minimum atomic E-state index is -2.31. The summed E-state index contributed by atoms with van der Waals surface area (Å²) in [6.45, 7) is 6.23. The topological polar surface area (TPSA) is 147 Å². The van der Waals surface area contributed by atoms with Crippen molar-refractivity contribution in [3.05, 3.63) is 71.8 Å². The molecule has 2 aliphatic heterocycles. The van der Waals surface area contributed by atoms with Crippen LogP contribution in [0.25, 0.3) is 0 Å². The van der Waals surface area contributed by atoms with Gasteiger partial charge in [-0.15, -0.1) is 4.99 Å². The third-order valence-electron chi connectivity index (χ3n) is 6.64. The second-order valence-electron chi connectivity index (χ2n) is 10.8. The predicted molar refractivity (Wildman–Crippen MR) is 146 cm³/mol. The number of amides is 3. The average molecular weight is 567 g/mol. The highest BCUT2D eigenvalue weighted by atomic mass is 16.6. The SMILES string of the molecule is C[C@@H]1[C@@H](NC(=O)OC(C)(C)C)[C@]2(O)C(=O)CCN2/C(=N\C(=O)OCc2ccccc2)N1C(=O)OCc1ccccc1. The van der Waals surface area contributed by atoms with Gasteiger partial charge < -0.3 is 29.5 Å². The zero-order valence-corrected chi connectivity index (χ0v) is 23.4. The Hall–Kier alpha value is -4.45. The van der Waals surface area contributed by atoms with Crippen molar-refractivity contribution in [3.8, 4) is 0 Å². The van der Waals surface area contributed by atoms with Crippen molar-refractivity contribution in [1.82, 2.24) is 15.1 Å². The summed E-state index contributed by atoms with van der Waals surface area (Å²) in [6, 6.07) is 15.4. The number of ether oxygens (including phenoxy) is 3. The highest BCUT2D eigenvalue weighted by Crippen LogP contribution is 2.36. The smallest absolute Gasteiger partial charge is 0.437 e. The Morgan fingerprint density at radius 1 is 1.00 bits per heavy atom. The Morgan fingerprint density at radius 2 is 1.56 bits per heavy atom. The number of alkyl carbamates (subject to hydrolysis) is 1. The second-order valence-corrected chi connectivity index (χ2v) is 10.8. The van der Waals surface area contributed by atoms with E-state index in [9.17, 15) is 24.3 Å². The fourth-order valence-electron chi connectivity index (χ4n) is 4.75. The molecule has 0 radical (unpaired) electrons. The van der Waals surface area contributed by atoms with E-state index in [4.69, 9.17) is 14.2 Å². The molecule has 0 bridgehead atoms. The molecule has 2 heterocycles. The number of guanidine groups is 1. The van der Waals surface area contributed by atoms with E-state index in [1.165, 1.54) is 6.92 Å². The number of fused-ring (bicyclic) bond motifs is 1. The monoisotopic (exact) mass is 566 g/mol. The van der Waals surface area contributed by atoms with Gasteiger partial charge in [-0.2, -0.15) is 0 Å². The molecule has 0 spiro atoms. The Kier molecular flexibility index (Phi) is 8.62. The van der Waals surface area contributed by atoms with Crippen LogP contribution in [0.2, 0.25) is 0 Å². The van der Waals surface area contributed by atoms with Gasteiger partial charge in [-0.1, -0.05) is 60.7 Å². The van der Waals surface area contributed by atoms with Gasteiger partial charge in [0.2, 0.25) is 11.7 Å². The molecule has 218 valence electrons. The number of nitrogens with one attached hydrogen (secondary N) is 1. The van der Waals surface area contributed by atoms with Gasteiger partial charge in [0.1, 0.15) is 24.9 Å². The number of nitrogens with zero attached hydrogens (tertiary/aromatic N) is 3. The molecule has 0 aromatic heterocycles. The minimum absolute atomic E-state index is 0.0815. The van der Waals surface area contributed by atoms with Crippen LogP contribution in [0.5, 0.6) is 0 Å². The minimum Gasteiger partial charge on any atom is -0.444 e. The van der Waals surface area contributed by atoms with E-state index in [1.54, 1.807) is 69.3 Å². The second kappa shape index (κ2) is 12.0. The van der Waals surface area contributed by atoms with Gasteiger partial charge in [-0.05, 0) is 38.8 Å². The fourth-order valence-corrected chi connectivity index (χ4v) is 4.75. The van der Waals surface area contributed by atoms with Crippen LogP contribution in [0.15, 0.2) is 65.7 Å². The molecule has 3 amide bonds. The first-order valence-corrected chi connectivity index (χ1v) is 13.2. The largest absolute Gasteiger partial charge is 0.444 e. The van der Waals surface area contributed by atoms with Crippen LogP contribution in [-0.2, 0) is 32.2 Å². The Balaban J connectivity index is 1.67. The van der Waals surface area contributed by atoms with Crippen molar-refractivity contribution in [2.75, 3.05) is 6.54 Å². The maximum Gasteiger partial charge on any atom is 0.437 e. The van der Waals surface area contributed by atoms with E-state index < -0.39 is 47.5 Å². The lowest BCUT2D eigenvalue weighted by Gasteiger charge is -2.51. The highest BCUT2D eigenvalue weighted by Gasteiger charge is 2.63. The van der Waals surface area contributed by atoms with E-state index in [-0.39, 0.29) is 32.1 Å². The van der Waals surface area contributed by atoms with Crippen LogP contribution in [0.1, 0.15) is 45.2 Å². The molecule has 0 aliphatic carbocycles. The van der Waals surface area contributed by atoms with Crippen LogP contribution >= 0.6 is 0 Å². The fraction of sp³-hybridized carbons (Fsp3) is 0.414. The number of rotatable bonds is 5. The van der Waals surface area contributed by atoms with E-state index in [2.05, 4.69) is 10.3 Å². The molecule has 2 aliphatic rings. The zero-order valence-electron chi connectivity index (χ0n) is 23.4. The zero-order chi connectivity index (χ0) is 29.8. The summed E-state index contributed by atoms with van der Waals surface area (Å²) in [5.41, 5.74) is -1.76. The molecular weight excluding hydrogens is 532 g/mol. The Bertz CT molecular complexity index is 1310. The summed E-state index contributed by atoms with van der Waals surface area (Å²) >= 11 is 0. The molecule has 2 saturated heterocycles. The number of carbonyl (C=O) groups excluding carboxylic acids is 4. The average Bonchev–Trinajstić information content (AvgIpc) is 3.23. The van der Waals surface area contributed by atoms with Crippen molar-refractivity contribution >= 4 is 30.0 Å². The van der Waals surface area contributed by atoms with E-state index in [1.807, 2.05) is 12.1 Å². The summed E-state index contributed by atoms with van der Waals surface area (Å²) in [7, 11) is 0. The van der Waals surface area contributed by atoms with Crippen molar-refractivity contribution in [2.45, 2.75) is 70.7 Å². The van der Waals surface area contributed by atoms with Gasteiger partial charge in [0.05, 0.1) is 6.04 Å². The summed E-state index contributed by atoms with van der Waals surface area (Å²) in [4.78, 5) is 58.4. The number of hydrogen-bond acceptors (Lipinski definition) is 8. The molecule has 2 aromatic carbocycles. The molecule has 12 heteroatoms. The van der Waals surface area contributed by atoms with Gasteiger partial charge in [0.25, 0.3) is 0 Å². The molecule has 2 N–H and O–H groups in total. The number of aliphatic hydroxyl groups is 1. The first-order chi connectivity index (χ1) is 19.4. The van der Waals surface area contributed by atoms with E-state index in [0.717, 1.165) is 9.80 Å². The molecule has 0 saturated carbocycles. The summed E-state index contributed by atoms with van der Waals surface area (Å²) in [5, 5.41) is 14.3. The standard InChI is InChI=1S/C29H34N4O8/c1-19-23(30-26(36)41-28(2,3)4)29(38)22(34)15-16-32(29)24(31-25(35)39-17-20-11-7-5-8-12-20)33(19)27(37)40-18-21-13-9-6-10-14-21/h5-14,19,23,38H,15-18H2,1-4H3,(H,30,36)/b31-24+/t19-,23-,29-/m1/s1.